The summed E-state index contributed by atoms with van der Waals surface area (Å²) in [5.41, 5.74) is 3.28. The van der Waals surface area contributed by atoms with Gasteiger partial charge in [0.05, 0.1) is 5.92 Å². The highest BCUT2D eigenvalue weighted by Gasteiger charge is 2.56. The number of nitrogens with zero attached hydrogens (tertiary/aromatic N) is 1. The van der Waals surface area contributed by atoms with Gasteiger partial charge in [0, 0.05) is 19.5 Å². The molecule has 2 N–H and O–H groups in total. The highest BCUT2D eigenvalue weighted by Crippen LogP contribution is 2.45. The number of alkyl carbamates (subject to hydrolysis) is 1. The first-order valence-electron chi connectivity index (χ1n) is 12.1. The number of rotatable bonds is 8. The minimum Gasteiger partial charge on any atom is -0.479 e. The molecule has 2 aromatic carbocycles. The summed E-state index contributed by atoms with van der Waals surface area (Å²) in [6, 6.07) is 16.3. The number of carbonyl (C=O) groups is 3. The van der Waals surface area contributed by atoms with E-state index in [-0.39, 0.29) is 30.4 Å². The fourth-order valence-corrected chi connectivity index (χ4v) is 5.14. The maximum Gasteiger partial charge on any atom is 0.407 e. The van der Waals surface area contributed by atoms with Crippen LogP contribution in [-0.2, 0) is 14.3 Å². The molecule has 2 amide bonds. The van der Waals surface area contributed by atoms with Crippen molar-refractivity contribution in [3.63, 3.8) is 0 Å². The molecule has 0 bridgehead atoms. The van der Waals surface area contributed by atoms with Crippen molar-refractivity contribution in [3.8, 4) is 11.1 Å². The van der Waals surface area contributed by atoms with Crippen LogP contribution >= 0.6 is 0 Å². The van der Waals surface area contributed by atoms with Crippen LogP contribution in [0.25, 0.3) is 11.1 Å². The lowest BCUT2D eigenvalue weighted by Gasteiger charge is -2.32. The highest BCUT2D eigenvalue weighted by molar-refractivity contribution is 5.90. The van der Waals surface area contributed by atoms with Gasteiger partial charge < -0.3 is 20.1 Å². The van der Waals surface area contributed by atoms with E-state index in [9.17, 15) is 19.5 Å². The third kappa shape index (κ3) is 5.04. The molecule has 1 atom stereocenters. The second-order valence-corrected chi connectivity index (χ2v) is 10.9. The summed E-state index contributed by atoms with van der Waals surface area (Å²) in [5.74, 6) is -1.83. The van der Waals surface area contributed by atoms with Gasteiger partial charge in [-0.25, -0.2) is 9.59 Å². The average Bonchev–Trinajstić information content (AvgIpc) is 3.57. The Morgan fingerprint density at radius 3 is 2.09 bits per heavy atom. The first kappa shape index (κ1) is 24.8. The summed E-state index contributed by atoms with van der Waals surface area (Å²) in [7, 11) is 1.55. The number of carbonyl (C=O) groups excluding carboxylic acids is 2. The predicted molar refractivity (Wildman–Crippen MR) is 133 cm³/mol. The number of ether oxygens (including phenoxy) is 1. The molecule has 2 aromatic rings. The van der Waals surface area contributed by atoms with Crippen molar-refractivity contribution < 1.29 is 24.2 Å². The van der Waals surface area contributed by atoms with E-state index in [0.717, 1.165) is 22.3 Å². The Labute approximate surface area is 206 Å². The summed E-state index contributed by atoms with van der Waals surface area (Å²) in [6.45, 7) is 6.34. The molecule has 1 unspecified atom stereocenters. The van der Waals surface area contributed by atoms with Crippen LogP contribution in [0, 0.1) is 11.3 Å². The molecule has 0 heterocycles. The van der Waals surface area contributed by atoms with E-state index < -0.39 is 23.5 Å². The van der Waals surface area contributed by atoms with E-state index in [1.54, 1.807) is 7.05 Å². The normalized spacial score (nSPS) is 16.6. The van der Waals surface area contributed by atoms with E-state index in [1.807, 2.05) is 45.0 Å². The van der Waals surface area contributed by atoms with Crippen molar-refractivity contribution in [1.29, 1.82) is 0 Å². The Morgan fingerprint density at radius 2 is 1.60 bits per heavy atom. The van der Waals surface area contributed by atoms with Crippen molar-refractivity contribution in [2.45, 2.75) is 51.5 Å². The molecule has 0 spiro atoms. The number of amides is 2. The van der Waals surface area contributed by atoms with Crippen LogP contribution in [0.1, 0.15) is 57.1 Å². The SMILES string of the molecule is CN(C(=O)C(CNC(=O)OCC1c2ccccc2-c2ccccc21)CC(C)(C)C)C1(C(=O)O)CC1. The quantitative estimate of drug-likeness (QED) is 0.576. The zero-order chi connectivity index (χ0) is 25.4. The average molecular weight is 479 g/mol. The van der Waals surface area contributed by atoms with Gasteiger partial charge in [-0.1, -0.05) is 69.3 Å². The van der Waals surface area contributed by atoms with Gasteiger partial charge in [0.25, 0.3) is 0 Å². The van der Waals surface area contributed by atoms with Crippen LogP contribution in [0.3, 0.4) is 0 Å². The lowest BCUT2D eigenvalue weighted by molar-refractivity contribution is -0.153. The fraction of sp³-hybridized carbons (Fsp3) is 0.464. The third-order valence-electron chi connectivity index (χ3n) is 7.14. The molecule has 0 aromatic heterocycles. The van der Waals surface area contributed by atoms with Crippen molar-refractivity contribution in [3.05, 3.63) is 59.7 Å². The molecule has 35 heavy (non-hydrogen) atoms. The van der Waals surface area contributed by atoms with Gasteiger partial charge in [-0.05, 0) is 46.9 Å². The number of carboxylic acids is 1. The number of likely N-dealkylation sites (N-methyl/N-ethyl adjacent to an activating group) is 1. The van der Waals surface area contributed by atoms with Crippen LogP contribution in [0.2, 0.25) is 0 Å². The molecule has 2 aliphatic carbocycles. The Morgan fingerprint density at radius 1 is 1.06 bits per heavy atom. The van der Waals surface area contributed by atoms with E-state index in [2.05, 4.69) is 29.6 Å². The van der Waals surface area contributed by atoms with E-state index in [4.69, 9.17) is 4.74 Å². The van der Waals surface area contributed by atoms with Crippen molar-refractivity contribution in [2.24, 2.45) is 11.3 Å². The van der Waals surface area contributed by atoms with Crippen LogP contribution in [0.5, 0.6) is 0 Å². The van der Waals surface area contributed by atoms with E-state index >= 15 is 0 Å². The first-order chi connectivity index (χ1) is 16.5. The minimum atomic E-state index is -1.11. The van der Waals surface area contributed by atoms with Gasteiger partial charge in [-0.15, -0.1) is 0 Å². The van der Waals surface area contributed by atoms with Gasteiger partial charge in [-0.3, -0.25) is 4.79 Å². The van der Waals surface area contributed by atoms with Crippen LogP contribution in [0.4, 0.5) is 4.79 Å². The standard InChI is InChI=1S/C28H34N2O5/c1-27(2,3)15-18(24(31)30(4)28(13-14-28)25(32)33)16-29-26(34)35-17-23-21-11-7-5-9-19(21)20-10-6-8-12-22(20)23/h5-12,18,23H,13-17H2,1-4H3,(H,29,34)(H,32,33). The molecule has 0 saturated heterocycles. The molecule has 7 nitrogen and oxygen atoms in total. The second-order valence-electron chi connectivity index (χ2n) is 10.9. The summed E-state index contributed by atoms with van der Waals surface area (Å²) in [6.07, 6.45) is 0.829. The van der Waals surface area contributed by atoms with Crippen molar-refractivity contribution in [1.82, 2.24) is 10.2 Å². The maximum absolute atomic E-state index is 13.2. The van der Waals surface area contributed by atoms with Gasteiger partial charge in [-0.2, -0.15) is 0 Å². The monoisotopic (exact) mass is 478 g/mol. The van der Waals surface area contributed by atoms with Gasteiger partial charge in [0.1, 0.15) is 12.1 Å². The van der Waals surface area contributed by atoms with Crippen LogP contribution in [0.15, 0.2) is 48.5 Å². The van der Waals surface area contributed by atoms with Crippen LogP contribution in [-0.4, -0.2) is 53.7 Å². The number of aliphatic carboxylic acids is 1. The maximum atomic E-state index is 13.2. The summed E-state index contributed by atoms with van der Waals surface area (Å²) in [5, 5.41) is 12.3. The molecule has 2 aliphatic rings. The lowest BCUT2D eigenvalue weighted by atomic mass is 9.83. The second kappa shape index (κ2) is 9.36. The number of benzene rings is 2. The fourth-order valence-electron chi connectivity index (χ4n) is 5.14. The van der Waals surface area contributed by atoms with Gasteiger partial charge in [0.2, 0.25) is 5.91 Å². The number of hydrogen-bond donors (Lipinski definition) is 2. The van der Waals surface area contributed by atoms with Gasteiger partial charge in [0.15, 0.2) is 0 Å². The van der Waals surface area contributed by atoms with Crippen molar-refractivity contribution >= 4 is 18.0 Å². The summed E-state index contributed by atoms with van der Waals surface area (Å²) in [4.78, 5) is 38.9. The predicted octanol–water partition coefficient (Wildman–Crippen LogP) is 4.65. The zero-order valence-corrected chi connectivity index (χ0v) is 20.8. The molecule has 4 rings (SSSR count). The molecule has 0 aliphatic heterocycles. The summed E-state index contributed by atoms with van der Waals surface area (Å²) < 4.78 is 5.61. The summed E-state index contributed by atoms with van der Waals surface area (Å²) >= 11 is 0. The Hall–Kier alpha value is -3.35. The number of hydrogen-bond acceptors (Lipinski definition) is 4. The Bertz CT molecular complexity index is 1090. The van der Waals surface area contributed by atoms with E-state index in [1.165, 1.54) is 4.90 Å². The minimum absolute atomic E-state index is 0.0448. The van der Waals surface area contributed by atoms with Crippen LogP contribution < -0.4 is 5.32 Å². The zero-order valence-electron chi connectivity index (χ0n) is 20.8. The topological polar surface area (TPSA) is 95.9 Å². The smallest absolute Gasteiger partial charge is 0.407 e. The highest BCUT2D eigenvalue weighted by atomic mass is 16.5. The molecule has 186 valence electrons. The molecule has 7 heteroatoms. The Kier molecular flexibility index (Phi) is 6.62. The number of fused-ring (bicyclic) bond motifs is 3. The third-order valence-corrected chi connectivity index (χ3v) is 7.14. The van der Waals surface area contributed by atoms with Gasteiger partial charge >= 0.3 is 12.1 Å². The Balaban J connectivity index is 1.40. The largest absolute Gasteiger partial charge is 0.479 e. The lowest BCUT2D eigenvalue weighted by Crippen LogP contribution is -2.49. The first-order valence-corrected chi connectivity index (χ1v) is 12.1. The molecular weight excluding hydrogens is 444 g/mol. The molecule has 1 fully saturated rings. The molecule has 1 saturated carbocycles. The number of nitrogens with one attached hydrogen (secondary N) is 1. The van der Waals surface area contributed by atoms with Crippen molar-refractivity contribution in [2.75, 3.05) is 20.2 Å². The molecule has 0 radical (unpaired) electrons. The molecular formula is C28H34N2O5. The number of carboxylic acid groups (broad SMARTS) is 1. The van der Waals surface area contributed by atoms with E-state index in [0.29, 0.717) is 19.3 Å².